The lowest BCUT2D eigenvalue weighted by Gasteiger charge is -2.06. The lowest BCUT2D eigenvalue weighted by Crippen LogP contribution is -2.24. The molecule has 14 heavy (non-hydrogen) atoms. The molecule has 74 valence electrons. The largest absolute Gasteiger partial charge is 0.298 e. The molecule has 0 spiro atoms. The van der Waals surface area contributed by atoms with Crippen LogP contribution in [-0.2, 0) is 6.54 Å². The molecule has 1 aromatic rings. The van der Waals surface area contributed by atoms with Crippen LogP contribution < -0.4 is 5.32 Å². The van der Waals surface area contributed by atoms with Crippen LogP contribution in [-0.4, -0.2) is 6.04 Å². The van der Waals surface area contributed by atoms with Crippen molar-refractivity contribution in [3.63, 3.8) is 0 Å². The van der Waals surface area contributed by atoms with E-state index in [1.54, 1.807) is 6.92 Å². The first-order valence-corrected chi connectivity index (χ1v) is 4.20. The highest BCUT2D eigenvalue weighted by atomic mass is 19.1. The predicted molar refractivity (Wildman–Crippen MR) is 48.3 cm³/mol. The van der Waals surface area contributed by atoms with Gasteiger partial charge < -0.3 is 0 Å². The van der Waals surface area contributed by atoms with E-state index in [1.165, 1.54) is 0 Å². The standard InChI is InChI=1S/C10H10F2N2/c1-7(5-13)14-6-8-4-9(11)2-3-10(8)12/h2-4,7,14H,6H2,1H3. The second kappa shape index (κ2) is 4.68. The summed E-state index contributed by atoms with van der Waals surface area (Å²) in [5.41, 5.74) is 0.229. The summed E-state index contributed by atoms with van der Waals surface area (Å²) in [6, 6.07) is 4.82. The third kappa shape index (κ3) is 2.79. The van der Waals surface area contributed by atoms with E-state index in [9.17, 15) is 8.78 Å². The fourth-order valence-corrected chi connectivity index (χ4v) is 0.987. The van der Waals surface area contributed by atoms with Gasteiger partial charge in [0.2, 0.25) is 0 Å². The van der Waals surface area contributed by atoms with E-state index in [1.807, 2.05) is 6.07 Å². The Morgan fingerprint density at radius 2 is 2.21 bits per heavy atom. The molecule has 0 heterocycles. The number of nitriles is 1. The number of benzene rings is 1. The fraction of sp³-hybridized carbons (Fsp3) is 0.300. The molecular formula is C10H10F2N2. The van der Waals surface area contributed by atoms with Crippen molar-refractivity contribution in [1.29, 1.82) is 5.26 Å². The summed E-state index contributed by atoms with van der Waals surface area (Å²) in [6.45, 7) is 1.80. The van der Waals surface area contributed by atoms with Crippen molar-refractivity contribution in [3.8, 4) is 6.07 Å². The lowest BCUT2D eigenvalue weighted by molar-refractivity contribution is 0.560. The molecule has 2 nitrogen and oxygen atoms in total. The molecule has 1 atom stereocenters. The van der Waals surface area contributed by atoms with E-state index in [0.29, 0.717) is 0 Å². The van der Waals surface area contributed by atoms with E-state index < -0.39 is 11.6 Å². The van der Waals surface area contributed by atoms with Gasteiger partial charge >= 0.3 is 0 Å². The van der Waals surface area contributed by atoms with Crippen LogP contribution in [0.25, 0.3) is 0 Å². The van der Waals surface area contributed by atoms with Gasteiger partial charge in [0.25, 0.3) is 0 Å². The zero-order valence-electron chi connectivity index (χ0n) is 7.72. The molecule has 0 aliphatic heterocycles. The van der Waals surface area contributed by atoms with E-state index in [2.05, 4.69) is 5.32 Å². The van der Waals surface area contributed by atoms with Crippen molar-refractivity contribution in [3.05, 3.63) is 35.4 Å². The highest BCUT2D eigenvalue weighted by Gasteiger charge is 2.05. The Balaban J connectivity index is 2.67. The van der Waals surface area contributed by atoms with E-state index in [0.717, 1.165) is 18.2 Å². The van der Waals surface area contributed by atoms with Crippen LogP contribution in [0.1, 0.15) is 12.5 Å². The van der Waals surface area contributed by atoms with Gasteiger partial charge in [-0.2, -0.15) is 5.26 Å². The minimum Gasteiger partial charge on any atom is -0.298 e. The molecule has 0 aliphatic carbocycles. The van der Waals surface area contributed by atoms with E-state index in [-0.39, 0.29) is 18.2 Å². The summed E-state index contributed by atoms with van der Waals surface area (Å²) in [4.78, 5) is 0. The number of hydrogen-bond acceptors (Lipinski definition) is 2. The molecule has 1 unspecified atom stereocenters. The molecule has 0 radical (unpaired) electrons. The monoisotopic (exact) mass is 196 g/mol. The minimum atomic E-state index is -0.479. The van der Waals surface area contributed by atoms with Crippen LogP contribution in [0.3, 0.4) is 0 Å². The van der Waals surface area contributed by atoms with Crippen molar-refractivity contribution in [1.82, 2.24) is 5.32 Å². The molecule has 0 aromatic heterocycles. The molecule has 1 N–H and O–H groups in total. The van der Waals surface area contributed by atoms with Gasteiger partial charge in [-0.3, -0.25) is 5.32 Å². The smallest absolute Gasteiger partial charge is 0.127 e. The second-order valence-electron chi connectivity index (χ2n) is 2.97. The van der Waals surface area contributed by atoms with Crippen molar-refractivity contribution in [2.45, 2.75) is 19.5 Å². The second-order valence-corrected chi connectivity index (χ2v) is 2.97. The van der Waals surface area contributed by atoms with Gasteiger partial charge in [0.15, 0.2) is 0 Å². The summed E-state index contributed by atoms with van der Waals surface area (Å²) < 4.78 is 25.7. The Morgan fingerprint density at radius 3 is 2.86 bits per heavy atom. The number of halogens is 2. The van der Waals surface area contributed by atoms with Gasteiger partial charge in [-0.15, -0.1) is 0 Å². The van der Waals surface area contributed by atoms with Crippen LogP contribution in [0.4, 0.5) is 8.78 Å². The first-order chi connectivity index (χ1) is 6.63. The first-order valence-electron chi connectivity index (χ1n) is 4.20. The SMILES string of the molecule is CC(C#N)NCc1cc(F)ccc1F. The number of nitrogens with zero attached hydrogens (tertiary/aromatic N) is 1. The summed E-state index contributed by atoms with van der Waals surface area (Å²) in [6.07, 6.45) is 0. The van der Waals surface area contributed by atoms with Gasteiger partial charge in [-0.1, -0.05) is 0 Å². The summed E-state index contributed by atoms with van der Waals surface area (Å²) >= 11 is 0. The molecule has 0 bridgehead atoms. The van der Waals surface area contributed by atoms with Crippen LogP contribution in [0.15, 0.2) is 18.2 Å². The van der Waals surface area contributed by atoms with Crippen LogP contribution in [0.2, 0.25) is 0 Å². The molecule has 0 amide bonds. The topological polar surface area (TPSA) is 35.8 Å². The molecule has 0 saturated heterocycles. The average Bonchev–Trinajstić information content (AvgIpc) is 2.19. The zero-order valence-corrected chi connectivity index (χ0v) is 7.72. The number of nitrogens with one attached hydrogen (secondary N) is 1. The summed E-state index contributed by atoms with van der Waals surface area (Å²) in [5, 5.41) is 11.2. The summed E-state index contributed by atoms with van der Waals surface area (Å²) in [7, 11) is 0. The third-order valence-electron chi connectivity index (χ3n) is 1.80. The predicted octanol–water partition coefficient (Wildman–Crippen LogP) is 1.97. The Kier molecular flexibility index (Phi) is 3.55. The van der Waals surface area contributed by atoms with Gasteiger partial charge in [0, 0.05) is 12.1 Å². The van der Waals surface area contributed by atoms with Gasteiger partial charge in [0.05, 0.1) is 12.1 Å². The zero-order chi connectivity index (χ0) is 10.6. The average molecular weight is 196 g/mol. The van der Waals surface area contributed by atoms with Crippen LogP contribution in [0.5, 0.6) is 0 Å². The highest BCUT2D eigenvalue weighted by molar-refractivity contribution is 5.18. The van der Waals surface area contributed by atoms with Gasteiger partial charge in [-0.05, 0) is 25.1 Å². The van der Waals surface area contributed by atoms with Crippen LogP contribution >= 0.6 is 0 Å². The molecule has 0 saturated carbocycles. The van der Waals surface area contributed by atoms with E-state index in [4.69, 9.17) is 5.26 Å². The van der Waals surface area contributed by atoms with Crippen molar-refractivity contribution < 1.29 is 8.78 Å². The third-order valence-corrected chi connectivity index (χ3v) is 1.80. The fourth-order valence-electron chi connectivity index (χ4n) is 0.987. The van der Waals surface area contributed by atoms with Crippen molar-refractivity contribution in [2.75, 3.05) is 0 Å². The number of hydrogen-bond donors (Lipinski definition) is 1. The van der Waals surface area contributed by atoms with Gasteiger partial charge in [-0.25, -0.2) is 8.78 Å². The van der Waals surface area contributed by atoms with Crippen molar-refractivity contribution >= 4 is 0 Å². The molecule has 1 aromatic carbocycles. The molecule has 4 heteroatoms. The Hall–Kier alpha value is -1.47. The maximum Gasteiger partial charge on any atom is 0.127 e. The van der Waals surface area contributed by atoms with E-state index >= 15 is 0 Å². The molecule has 0 fully saturated rings. The quantitative estimate of drug-likeness (QED) is 0.802. The molecule has 1 rings (SSSR count). The highest BCUT2D eigenvalue weighted by Crippen LogP contribution is 2.09. The minimum absolute atomic E-state index is 0.151. The maximum absolute atomic E-state index is 13.0. The van der Waals surface area contributed by atoms with Crippen LogP contribution in [0, 0.1) is 23.0 Å². The van der Waals surface area contributed by atoms with Gasteiger partial charge in [0.1, 0.15) is 11.6 Å². The lowest BCUT2D eigenvalue weighted by atomic mass is 10.2. The Bertz CT molecular complexity index is 358. The normalized spacial score (nSPS) is 12.1. The summed E-state index contributed by atoms with van der Waals surface area (Å²) in [5.74, 6) is -0.947. The first kappa shape index (κ1) is 10.6. The van der Waals surface area contributed by atoms with Crippen molar-refractivity contribution in [2.24, 2.45) is 0 Å². The number of rotatable bonds is 3. The maximum atomic E-state index is 13.0. The molecular weight excluding hydrogens is 186 g/mol. The Morgan fingerprint density at radius 1 is 1.50 bits per heavy atom. The Labute approximate surface area is 81.2 Å². The molecule has 0 aliphatic rings.